The van der Waals surface area contributed by atoms with E-state index < -0.39 is 0 Å². The van der Waals surface area contributed by atoms with Gasteiger partial charge in [0.25, 0.3) is 0 Å². The van der Waals surface area contributed by atoms with E-state index in [-0.39, 0.29) is 5.84 Å². The molecule has 0 atom stereocenters. The summed E-state index contributed by atoms with van der Waals surface area (Å²) in [7, 11) is 0. The summed E-state index contributed by atoms with van der Waals surface area (Å²) in [5, 5.41) is 11.8. The van der Waals surface area contributed by atoms with Crippen molar-refractivity contribution in [3.05, 3.63) is 53.9 Å². The highest BCUT2D eigenvalue weighted by molar-refractivity contribution is 5.99. The fourth-order valence-electron chi connectivity index (χ4n) is 1.74. The van der Waals surface area contributed by atoms with E-state index in [1.54, 1.807) is 18.5 Å². The molecular formula is C14H15N3O2. The Bertz CT molecular complexity index is 597. The first-order chi connectivity index (χ1) is 9.26. The maximum absolute atomic E-state index is 8.77. The van der Waals surface area contributed by atoms with Crippen LogP contribution in [0.5, 0.6) is 11.5 Å². The number of aryl methyl sites for hydroxylation is 1. The van der Waals surface area contributed by atoms with Gasteiger partial charge in [-0.1, -0.05) is 30.3 Å². The first-order valence-corrected chi connectivity index (χ1v) is 5.94. The largest absolute Gasteiger partial charge is 0.455 e. The smallest absolute Gasteiger partial charge is 0.173 e. The van der Waals surface area contributed by atoms with E-state index in [9.17, 15) is 0 Å². The number of pyridine rings is 1. The van der Waals surface area contributed by atoms with Gasteiger partial charge in [0.1, 0.15) is 5.75 Å². The van der Waals surface area contributed by atoms with Gasteiger partial charge in [0.2, 0.25) is 0 Å². The summed E-state index contributed by atoms with van der Waals surface area (Å²) in [4.78, 5) is 4.00. The Kier molecular flexibility index (Phi) is 3.97. The Balaban J connectivity index is 2.39. The van der Waals surface area contributed by atoms with Crippen molar-refractivity contribution >= 4 is 5.84 Å². The van der Waals surface area contributed by atoms with Gasteiger partial charge in [0, 0.05) is 6.20 Å². The molecule has 0 fully saturated rings. The summed E-state index contributed by atoms with van der Waals surface area (Å²) in [5.41, 5.74) is 7.20. The van der Waals surface area contributed by atoms with E-state index in [1.807, 2.05) is 24.3 Å². The van der Waals surface area contributed by atoms with Gasteiger partial charge in [-0.05, 0) is 24.1 Å². The van der Waals surface area contributed by atoms with Crippen LogP contribution in [-0.2, 0) is 6.42 Å². The van der Waals surface area contributed by atoms with Gasteiger partial charge in [-0.15, -0.1) is 0 Å². The molecule has 0 spiro atoms. The number of amidine groups is 1. The minimum Gasteiger partial charge on any atom is -0.455 e. The van der Waals surface area contributed by atoms with Crippen molar-refractivity contribution in [1.29, 1.82) is 0 Å². The standard InChI is InChI=1S/C14H15N3O2/c1-2-10-5-3-4-6-12(10)19-13-9-16-8-7-11(13)14(15)17-18/h3-9,18H,2H2,1H3,(H2,15,17). The van der Waals surface area contributed by atoms with Crippen LogP contribution in [0.25, 0.3) is 0 Å². The molecule has 1 aromatic heterocycles. The van der Waals surface area contributed by atoms with E-state index >= 15 is 0 Å². The van der Waals surface area contributed by atoms with Crippen molar-refractivity contribution in [2.75, 3.05) is 0 Å². The molecule has 0 unspecified atom stereocenters. The summed E-state index contributed by atoms with van der Waals surface area (Å²) in [6.07, 6.45) is 3.96. The molecule has 0 aliphatic rings. The summed E-state index contributed by atoms with van der Waals surface area (Å²) < 4.78 is 5.82. The first kappa shape index (κ1) is 12.9. The summed E-state index contributed by atoms with van der Waals surface area (Å²) in [5.74, 6) is 1.19. The number of nitrogens with two attached hydrogens (primary N) is 1. The average Bonchev–Trinajstić information content (AvgIpc) is 2.47. The van der Waals surface area contributed by atoms with Crippen LogP contribution < -0.4 is 10.5 Å². The lowest BCUT2D eigenvalue weighted by Crippen LogP contribution is -2.14. The number of ether oxygens (including phenoxy) is 1. The predicted molar refractivity (Wildman–Crippen MR) is 72.6 cm³/mol. The molecule has 1 heterocycles. The second kappa shape index (κ2) is 5.86. The highest BCUT2D eigenvalue weighted by Crippen LogP contribution is 2.27. The maximum Gasteiger partial charge on any atom is 0.173 e. The zero-order valence-corrected chi connectivity index (χ0v) is 10.6. The van der Waals surface area contributed by atoms with Gasteiger partial charge in [-0.2, -0.15) is 0 Å². The van der Waals surface area contributed by atoms with E-state index in [1.165, 1.54) is 0 Å². The van der Waals surface area contributed by atoms with Crippen molar-refractivity contribution in [2.24, 2.45) is 10.9 Å². The number of aromatic nitrogens is 1. The van der Waals surface area contributed by atoms with Crippen LogP contribution in [0.3, 0.4) is 0 Å². The first-order valence-electron chi connectivity index (χ1n) is 5.94. The monoisotopic (exact) mass is 257 g/mol. The second-order valence-electron chi connectivity index (χ2n) is 3.92. The van der Waals surface area contributed by atoms with Crippen molar-refractivity contribution in [2.45, 2.75) is 13.3 Å². The molecule has 2 aromatic rings. The number of nitrogens with zero attached hydrogens (tertiary/aromatic N) is 2. The molecular weight excluding hydrogens is 242 g/mol. The quantitative estimate of drug-likeness (QED) is 0.381. The molecule has 3 N–H and O–H groups in total. The molecule has 0 radical (unpaired) electrons. The van der Waals surface area contributed by atoms with Crippen molar-refractivity contribution < 1.29 is 9.94 Å². The fraction of sp³-hybridized carbons (Fsp3) is 0.143. The molecule has 19 heavy (non-hydrogen) atoms. The lowest BCUT2D eigenvalue weighted by molar-refractivity contribution is 0.318. The van der Waals surface area contributed by atoms with Crippen LogP contribution in [0.1, 0.15) is 18.1 Å². The number of rotatable bonds is 4. The summed E-state index contributed by atoms with van der Waals surface area (Å²) in [6, 6.07) is 9.36. The van der Waals surface area contributed by atoms with Crippen LogP contribution >= 0.6 is 0 Å². The SMILES string of the molecule is CCc1ccccc1Oc1cnccc1/C(N)=N/O. The molecule has 0 amide bonds. The van der Waals surface area contributed by atoms with Crippen molar-refractivity contribution in [1.82, 2.24) is 4.98 Å². The third-order valence-corrected chi connectivity index (χ3v) is 2.74. The number of hydrogen-bond donors (Lipinski definition) is 2. The Morgan fingerprint density at radius 3 is 2.84 bits per heavy atom. The Labute approximate surface area is 111 Å². The molecule has 98 valence electrons. The van der Waals surface area contributed by atoms with E-state index in [0.29, 0.717) is 11.3 Å². The number of benzene rings is 1. The average molecular weight is 257 g/mol. The lowest BCUT2D eigenvalue weighted by atomic mass is 10.1. The zero-order valence-electron chi connectivity index (χ0n) is 10.6. The minimum atomic E-state index is -0.00798. The second-order valence-corrected chi connectivity index (χ2v) is 3.92. The number of para-hydroxylation sites is 1. The fourth-order valence-corrected chi connectivity index (χ4v) is 1.74. The van der Waals surface area contributed by atoms with E-state index in [0.717, 1.165) is 17.7 Å². The molecule has 5 nitrogen and oxygen atoms in total. The molecule has 0 aliphatic heterocycles. The van der Waals surface area contributed by atoms with Crippen LogP contribution in [-0.4, -0.2) is 16.0 Å². The number of hydrogen-bond acceptors (Lipinski definition) is 4. The van der Waals surface area contributed by atoms with Crippen LogP contribution in [0.4, 0.5) is 0 Å². The normalized spacial score (nSPS) is 11.3. The Hall–Kier alpha value is -2.56. The molecule has 0 saturated heterocycles. The van der Waals surface area contributed by atoms with Gasteiger partial charge in [0.05, 0.1) is 11.8 Å². The van der Waals surface area contributed by atoms with Crippen molar-refractivity contribution in [3.8, 4) is 11.5 Å². The molecule has 0 saturated carbocycles. The minimum absolute atomic E-state index is 0.00798. The molecule has 2 rings (SSSR count). The Morgan fingerprint density at radius 2 is 2.11 bits per heavy atom. The van der Waals surface area contributed by atoms with Gasteiger partial charge in [0.15, 0.2) is 11.6 Å². The van der Waals surface area contributed by atoms with E-state index in [2.05, 4.69) is 17.1 Å². The molecule has 0 aliphatic carbocycles. The van der Waals surface area contributed by atoms with Crippen LogP contribution in [0.2, 0.25) is 0 Å². The molecule has 1 aromatic carbocycles. The van der Waals surface area contributed by atoms with E-state index in [4.69, 9.17) is 15.7 Å². The molecule has 0 bridgehead atoms. The third-order valence-electron chi connectivity index (χ3n) is 2.74. The van der Waals surface area contributed by atoms with Gasteiger partial charge < -0.3 is 15.7 Å². The molecule has 5 heteroatoms. The summed E-state index contributed by atoms with van der Waals surface area (Å²) >= 11 is 0. The van der Waals surface area contributed by atoms with Gasteiger partial charge in [-0.25, -0.2) is 0 Å². The topological polar surface area (TPSA) is 80.7 Å². The van der Waals surface area contributed by atoms with Gasteiger partial charge in [-0.3, -0.25) is 4.98 Å². The highest BCUT2D eigenvalue weighted by atomic mass is 16.5. The summed E-state index contributed by atoms with van der Waals surface area (Å²) in [6.45, 7) is 2.05. The van der Waals surface area contributed by atoms with Crippen LogP contribution in [0.15, 0.2) is 47.9 Å². The lowest BCUT2D eigenvalue weighted by Gasteiger charge is -2.12. The van der Waals surface area contributed by atoms with Gasteiger partial charge >= 0.3 is 0 Å². The number of oxime groups is 1. The predicted octanol–water partition coefficient (Wildman–Crippen LogP) is 2.53. The van der Waals surface area contributed by atoms with Crippen molar-refractivity contribution in [3.63, 3.8) is 0 Å². The zero-order chi connectivity index (χ0) is 13.7. The maximum atomic E-state index is 8.77. The third kappa shape index (κ3) is 2.82. The highest BCUT2D eigenvalue weighted by Gasteiger charge is 2.10. The Morgan fingerprint density at radius 1 is 1.32 bits per heavy atom. The van der Waals surface area contributed by atoms with Crippen LogP contribution in [0, 0.1) is 0 Å².